The van der Waals surface area contributed by atoms with E-state index in [-0.39, 0.29) is 0 Å². The third-order valence-corrected chi connectivity index (χ3v) is 6.08. The molecule has 1 aromatic heterocycles. The van der Waals surface area contributed by atoms with Gasteiger partial charge in [0.15, 0.2) is 11.6 Å². The molecule has 5 rings (SSSR count). The summed E-state index contributed by atoms with van der Waals surface area (Å²) in [6.45, 7) is 7.04. The lowest BCUT2D eigenvalue weighted by molar-refractivity contribution is 0.249. The molecule has 1 aliphatic carbocycles. The molecular formula is C23H26ClN5. The van der Waals surface area contributed by atoms with Crippen LogP contribution in [0.5, 0.6) is 0 Å². The number of fused-ring (bicyclic) bond motifs is 1. The molecule has 150 valence electrons. The van der Waals surface area contributed by atoms with Gasteiger partial charge in [0.05, 0.1) is 11.0 Å². The van der Waals surface area contributed by atoms with Gasteiger partial charge in [-0.1, -0.05) is 29.8 Å². The highest BCUT2D eigenvalue weighted by Crippen LogP contribution is 2.31. The Bertz CT molecular complexity index is 1020. The highest BCUT2D eigenvalue weighted by molar-refractivity contribution is 6.30. The number of rotatable bonds is 5. The Kier molecular flexibility index (Phi) is 5.02. The topological polar surface area (TPSA) is 44.3 Å². The highest BCUT2D eigenvalue weighted by Gasteiger charge is 2.27. The molecule has 1 aliphatic heterocycles. The maximum atomic E-state index is 6.10. The summed E-state index contributed by atoms with van der Waals surface area (Å²) >= 11 is 6.10. The number of anilines is 2. The smallest absolute Gasteiger partial charge is 0.172 e. The Balaban J connectivity index is 1.32. The van der Waals surface area contributed by atoms with Crippen molar-refractivity contribution in [1.29, 1.82) is 0 Å². The molecule has 0 atom stereocenters. The van der Waals surface area contributed by atoms with E-state index in [1.165, 1.54) is 24.0 Å². The van der Waals surface area contributed by atoms with Crippen LogP contribution < -0.4 is 10.2 Å². The third-order valence-electron chi connectivity index (χ3n) is 5.84. The van der Waals surface area contributed by atoms with Crippen molar-refractivity contribution in [2.45, 2.75) is 32.4 Å². The normalized spacial score (nSPS) is 17.7. The molecule has 1 N–H and O–H groups in total. The zero-order chi connectivity index (χ0) is 19.8. The number of benzene rings is 2. The van der Waals surface area contributed by atoms with Crippen LogP contribution in [0.3, 0.4) is 0 Å². The van der Waals surface area contributed by atoms with E-state index in [2.05, 4.69) is 28.1 Å². The number of hydrogen-bond acceptors (Lipinski definition) is 5. The molecule has 29 heavy (non-hydrogen) atoms. The van der Waals surface area contributed by atoms with E-state index >= 15 is 0 Å². The summed E-state index contributed by atoms with van der Waals surface area (Å²) in [6.07, 6.45) is 2.45. The Hall–Kier alpha value is -2.37. The van der Waals surface area contributed by atoms with Crippen LogP contribution in [0.4, 0.5) is 11.6 Å². The first-order valence-electron chi connectivity index (χ1n) is 10.4. The second-order valence-corrected chi connectivity index (χ2v) is 8.57. The fourth-order valence-electron chi connectivity index (χ4n) is 3.92. The van der Waals surface area contributed by atoms with Gasteiger partial charge in [-0.05, 0) is 55.2 Å². The van der Waals surface area contributed by atoms with Crippen LogP contribution in [0.15, 0.2) is 42.5 Å². The monoisotopic (exact) mass is 407 g/mol. The van der Waals surface area contributed by atoms with Crippen LogP contribution in [0, 0.1) is 6.92 Å². The Labute approximate surface area is 176 Å². The van der Waals surface area contributed by atoms with E-state index in [1.807, 2.05) is 36.4 Å². The van der Waals surface area contributed by atoms with Gasteiger partial charge in [0, 0.05) is 43.8 Å². The van der Waals surface area contributed by atoms with E-state index in [0.717, 1.165) is 60.4 Å². The Morgan fingerprint density at radius 1 is 1.00 bits per heavy atom. The standard InChI is InChI=1S/C23H26ClN5/c1-16-14-18(24)7-6-17(16)15-28-10-12-29(13-11-28)23-22(25-19-8-9-19)26-20-4-2-3-5-21(20)27-23/h2-7,14,19H,8-13,15H2,1H3,(H,25,26). The number of halogens is 1. The minimum absolute atomic E-state index is 0.554. The molecule has 0 spiro atoms. The van der Waals surface area contributed by atoms with Crippen LogP contribution >= 0.6 is 11.6 Å². The first-order valence-corrected chi connectivity index (χ1v) is 10.8. The summed E-state index contributed by atoms with van der Waals surface area (Å²) in [5.41, 5.74) is 4.53. The molecule has 0 radical (unpaired) electrons. The van der Waals surface area contributed by atoms with Crippen molar-refractivity contribution < 1.29 is 0 Å². The van der Waals surface area contributed by atoms with Gasteiger partial charge in [0.25, 0.3) is 0 Å². The maximum Gasteiger partial charge on any atom is 0.172 e. The van der Waals surface area contributed by atoms with Gasteiger partial charge in [-0.25, -0.2) is 9.97 Å². The van der Waals surface area contributed by atoms with E-state index in [1.54, 1.807) is 0 Å². The number of nitrogens with one attached hydrogen (secondary N) is 1. The second kappa shape index (κ2) is 7.81. The number of aromatic nitrogens is 2. The van der Waals surface area contributed by atoms with Gasteiger partial charge in [-0.2, -0.15) is 0 Å². The summed E-state index contributed by atoms with van der Waals surface area (Å²) in [4.78, 5) is 14.8. The van der Waals surface area contributed by atoms with Crippen LogP contribution in [0.2, 0.25) is 5.02 Å². The van der Waals surface area contributed by atoms with Crippen molar-refractivity contribution in [2.75, 3.05) is 36.4 Å². The van der Waals surface area contributed by atoms with Gasteiger partial charge in [-0.15, -0.1) is 0 Å². The third kappa shape index (κ3) is 4.16. The average molecular weight is 408 g/mol. The number of hydrogen-bond donors (Lipinski definition) is 1. The lowest BCUT2D eigenvalue weighted by Gasteiger charge is -2.36. The summed E-state index contributed by atoms with van der Waals surface area (Å²) in [7, 11) is 0. The van der Waals surface area contributed by atoms with Crippen molar-refractivity contribution >= 4 is 34.3 Å². The number of para-hydroxylation sites is 2. The molecule has 2 heterocycles. The molecule has 0 amide bonds. The lowest BCUT2D eigenvalue weighted by Crippen LogP contribution is -2.46. The first kappa shape index (κ1) is 18.6. The summed E-state index contributed by atoms with van der Waals surface area (Å²) in [6, 6.07) is 14.9. The number of aryl methyl sites for hydroxylation is 1. The molecular weight excluding hydrogens is 382 g/mol. The molecule has 2 aromatic carbocycles. The Morgan fingerprint density at radius 2 is 1.72 bits per heavy atom. The first-order chi connectivity index (χ1) is 14.2. The van der Waals surface area contributed by atoms with Crippen LogP contribution in [-0.4, -0.2) is 47.1 Å². The fourth-order valence-corrected chi connectivity index (χ4v) is 4.15. The van der Waals surface area contributed by atoms with Crippen LogP contribution in [0.1, 0.15) is 24.0 Å². The predicted octanol–water partition coefficient (Wildman–Crippen LogP) is 4.49. The number of piperazine rings is 1. The molecule has 5 nitrogen and oxygen atoms in total. The molecule has 6 heteroatoms. The minimum Gasteiger partial charge on any atom is -0.364 e. The van der Waals surface area contributed by atoms with Gasteiger partial charge in [0.2, 0.25) is 0 Å². The zero-order valence-electron chi connectivity index (χ0n) is 16.7. The number of nitrogens with zero attached hydrogens (tertiary/aromatic N) is 4. The molecule has 1 saturated heterocycles. The van der Waals surface area contributed by atoms with E-state index in [9.17, 15) is 0 Å². The van der Waals surface area contributed by atoms with Crippen LogP contribution in [-0.2, 0) is 6.54 Å². The maximum absolute atomic E-state index is 6.10. The van der Waals surface area contributed by atoms with E-state index < -0.39 is 0 Å². The zero-order valence-corrected chi connectivity index (χ0v) is 17.5. The average Bonchev–Trinajstić information content (AvgIpc) is 3.54. The van der Waals surface area contributed by atoms with Crippen molar-refractivity contribution in [3.8, 4) is 0 Å². The predicted molar refractivity (Wildman–Crippen MR) is 120 cm³/mol. The van der Waals surface area contributed by atoms with Gasteiger partial charge >= 0.3 is 0 Å². The van der Waals surface area contributed by atoms with Crippen LogP contribution in [0.25, 0.3) is 11.0 Å². The van der Waals surface area contributed by atoms with Crippen molar-refractivity contribution in [3.05, 3.63) is 58.6 Å². The molecule has 1 saturated carbocycles. The van der Waals surface area contributed by atoms with Gasteiger partial charge < -0.3 is 10.2 Å². The molecule has 0 bridgehead atoms. The largest absolute Gasteiger partial charge is 0.364 e. The summed E-state index contributed by atoms with van der Waals surface area (Å²) < 4.78 is 0. The fraction of sp³-hybridized carbons (Fsp3) is 0.391. The van der Waals surface area contributed by atoms with Crippen molar-refractivity contribution in [1.82, 2.24) is 14.9 Å². The van der Waals surface area contributed by atoms with Gasteiger partial charge in [-0.3, -0.25) is 4.90 Å². The van der Waals surface area contributed by atoms with Crippen molar-refractivity contribution in [3.63, 3.8) is 0 Å². The van der Waals surface area contributed by atoms with Crippen molar-refractivity contribution in [2.24, 2.45) is 0 Å². The highest BCUT2D eigenvalue weighted by atomic mass is 35.5. The lowest BCUT2D eigenvalue weighted by atomic mass is 10.1. The summed E-state index contributed by atoms with van der Waals surface area (Å²) in [5.74, 6) is 1.94. The quantitative estimate of drug-likeness (QED) is 0.675. The summed E-state index contributed by atoms with van der Waals surface area (Å²) in [5, 5.41) is 4.40. The SMILES string of the molecule is Cc1cc(Cl)ccc1CN1CCN(c2nc3ccccc3nc2NC2CC2)CC1. The molecule has 0 unspecified atom stereocenters. The van der Waals surface area contributed by atoms with E-state index in [4.69, 9.17) is 21.6 Å². The molecule has 2 aliphatic rings. The minimum atomic E-state index is 0.554. The molecule has 3 aromatic rings. The van der Waals surface area contributed by atoms with Gasteiger partial charge in [0.1, 0.15) is 0 Å². The van der Waals surface area contributed by atoms with E-state index in [0.29, 0.717) is 6.04 Å². The second-order valence-electron chi connectivity index (χ2n) is 8.14. The molecule has 2 fully saturated rings. The Morgan fingerprint density at radius 3 is 2.41 bits per heavy atom.